The van der Waals surface area contributed by atoms with Crippen molar-refractivity contribution in [3.8, 4) is 10.6 Å². The van der Waals surface area contributed by atoms with Crippen molar-refractivity contribution in [2.75, 3.05) is 19.3 Å². The predicted molar refractivity (Wildman–Crippen MR) is 91.2 cm³/mol. The Bertz CT molecular complexity index is 842. The maximum atomic E-state index is 12.6. The summed E-state index contributed by atoms with van der Waals surface area (Å²) in [5, 5.41) is 6.58. The SMILES string of the molecule is Cn1cc(-c2nc(C(=O)N3CCC[C@H](NS(C)(=O)=O)C3)cs2)cn1. The molecular formula is C14H19N5O3S2. The molecule has 1 aliphatic rings. The van der Waals surface area contributed by atoms with Gasteiger partial charge in [-0.25, -0.2) is 18.1 Å². The summed E-state index contributed by atoms with van der Waals surface area (Å²) in [6.45, 7) is 0.978. The number of nitrogens with zero attached hydrogens (tertiary/aromatic N) is 4. The summed E-state index contributed by atoms with van der Waals surface area (Å²) in [6.07, 6.45) is 6.18. The summed E-state index contributed by atoms with van der Waals surface area (Å²) < 4.78 is 27.0. The average Bonchev–Trinajstić information content (AvgIpc) is 3.13. The molecule has 3 rings (SSSR count). The maximum absolute atomic E-state index is 12.6. The van der Waals surface area contributed by atoms with Crippen molar-refractivity contribution in [3.63, 3.8) is 0 Å². The van der Waals surface area contributed by atoms with Gasteiger partial charge in [0.25, 0.3) is 5.91 Å². The highest BCUT2D eigenvalue weighted by Gasteiger charge is 2.27. The Hall–Kier alpha value is -1.78. The van der Waals surface area contributed by atoms with Gasteiger partial charge in [0.15, 0.2) is 0 Å². The number of aryl methyl sites for hydroxylation is 1. The molecule has 1 amide bonds. The summed E-state index contributed by atoms with van der Waals surface area (Å²) in [5.74, 6) is -0.165. The Morgan fingerprint density at radius 1 is 1.46 bits per heavy atom. The Morgan fingerprint density at radius 2 is 2.25 bits per heavy atom. The molecule has 0 saturated carbocycles. The van der Waals surface area contributed by atoms with Crippen LogP contribution in [-0.2, 0) is 17.1 Å². The van der Waals surface area contributed by atoms with E-state index in [1.54, 1.807) is 21.2 Å². The number of rotatable bonds is 4. The molecule has 1 fully saturated rings. The van der Waals surface area contributed by atoms with Crippen LogP contribution in [0, 0.1) is 0 Å². The fourth-order valence-electron chi connectivity index (χ4n) is 2.76. The van der Waals surface area contributed by atoms with E-state index in [9.17, 15) is 13.2 Å². The van der Waals surface area contributed by atoms with E-state index in [4.69, 9.17) is 0 Å². The average molecular weight is 369 g/mol. The minimum atomic E-state index is -3.28. The molecule has 24 heavy (non-hydrogen) atoms. The number of carbonyl (C=O) groups excluding carboxylic acids is 1. The van der Waals surface area contributed by atoms with E-state index in [-0.39, 0.29) is 11.9 Å². The zero-order valence-corrected chi connectivity index (χ0v) is 15.1. The molecule has 2 aromatic heterocycles. The quantitative estimate of drug-likeness (QED) is 0.855. The van der Waals surface area contributed by atoms with Crippen molar-refractivity contribution < 1.29 is 13.2 Å². The molecule has 1 saturated heterocycles. The standard InChI is InChI=1S/C14H19N5O3S2/c1-18-7-10(6-15-18)13-16-12(9-23-13)14(20)19-5-3-4-11(8-19)17-24(2,21)22/h6-7,9,11,17H,3-5,8H2,1-2H3/t11-/m0/s1. The highest BCUT2D eigenvalue weighted by molar-refractivity contribution is 7.88. The molecule has 0 spiro atoms. The first kappa shape index (κ1) is 17.1. The van der Waals surface area contributed by atoms with Gasteiger partial charge >= 0.3 is 0 Å². The van der Waals surface area contributed by atoms with E-state index in [1.165, 1.54) is 11.3 Å². The highest BCUT2D eigenvalue weighted by atomic mass is 32.2. The fraction of sp³-hybridized carbons (Fsp3) is 0.500. The zero-order valence-electron chi connectivity index (χ0n) is 13.5. The van der Waals surface area contributed by atoms with Gasteiger partial charge in [0.05, 0.1) is 12.5 Å². The Kier molecular flexibility index (Phi) is 4.70. The van der Waals surface area contributed by atoms with Gasteiger partial charge in [0.1, 0.15) is 10.7 Å². The predicted octanol–water partition coefficient (Wildman–Crippen LogP) is 0.697. The van der Waals surface area contributed by atoms with Crippen molar-refractivity contribution >= 4 is 27.3 Å². The normalized spacial score (nSPS) is 18.8. The monoisotopic (exact) mass is 369 g/mol. The number of carbonyl (C=O) groups is 1. The van der Waals surface area contributed by atoms with Crippen LogP contribution in [-0.4, -0.2) is 59.4 Å². The largest absolute Gasteiger partial charge is 0.336 e. The number of hydrogen-bond donors (Lipinski definition) is 1. The summed E-state index contributed by atoms with van der Waals surface area (Å²) in [7, 11) is -1.45. The summed E-state index contributed by atoms with van der Waals surface area (Å²) in [6, 6.07) is -0.242. The number of hydrogen-bond acceptors (Lipinski definition) is 6. The summed E-state index contributed by atoms with van der Waals surface area (Å²) >= 11 is 1.40. The second-order valence-electron chi connectivity index (χ2n) is 5.92. The van der Waals surface area contributed by atoms with Crippen molar-refractivity contribution in [2.24, 2.45) is 7.05 Å². The lowest BCUT2D eigenvalue weighted by molar-refractivity contribution is 0.0698. The summed E-state index contributed by atoms with van der Waals surface area (Å²) in [5.41, 5.74) is 1.26. The van der Waals surface area contributed by atoms with Gasteiger partial charge in [-0.2, -0.15) is 5.10 Å². The van der Waals surface area contributed by atoms with Gasteiger partial charge < -0.3 is 4.90 Å². The van der Waals surface area contributed by atoms with Gasteiger partial charge in [-0.05, 0) is 12.8 Å². The van der Waals surface area contributed by atoms with Crippen LogP contribution in [0.3, 0.4) is 0 Å². The minimum Gasteiger partial charge on any atom is -0.336 e. The Morgan fingerprint density at radius 3 is 2.92 bits per heavy atom. The number of aromatic nitrogens is 3. The molecule has 8 nitrogen and oxygen atoms in total. The number of amides is 1. The number of nitrogens with one attached hydrogen (secondary N) is 1. The van der Waals surface area contributed by atoms with Crippen molar-refractivity contribution in [3.05, 3.63) is 23.5 Å². The van der Waals surface area contributed by atoms with Crippen LogP contribution in [0.1, 0.15) is 23.3 Å². The third kappa shape index (κ3) is 4.00. The topological polar surface area (TPSA) is 97.2 Å². The first-order valence-electron chi connectivity index (χ1n) is 7.53. The smallest absolute Gasteiger partial charge is 0.273 e. The fourth-order valence-corrected chi connectivity index (χ4v) is 4.33. The number of likely N-dealkylation sites (tertiary alicyclic amines) is 1. The lowest BCUT2D eigenvalue weighted by atomic mass is 10.1. The number of sulfonamides is 1. The van der Waals surface area contributed by atoms with Crippen LogP contribution in [0.4, 0.5) is 0 Å². The number of piperidine rings is 1. The molecule has 1 N–H and O–H groups in total. The van der Waals surface area contributed by atoms with Gasteiger partial charge in [-0.1, -0.05) is 0 Å². The van der Waals surface area contributed by atoms with Crippen molar-refractivity contribution in [2.45, 2.75) is 18.9 Å². The van der Waals surface area contributed by atoms with Crippen molar-refractivity contribution in [1.82, 2.24) is 24.4 Å². The summed E-state index contributed by atoms with van der Waals surface area (Å²) in [4.78, 5) is 18.7. The van der Waals surface area contributed by atoms with Gasteiger partial charge in [0, 0.05) is 43.3 Å². The van der Waals surface area contributed by atoms with Gasteiger partial charge in [-0.3, -0.25) is 9.48 Å². The lowest BCUT2D eigenvalue weighted by Gasteiger charge is -2.32. The van der Waals surface area contributed by atoms with Crippen LogP contribution in [0.15, 0.2) is 17.8 Å². The molecule has 0 aliphatic carbocycles. The van der Waals surface area contributed by atoms with Crippen molar-refractivity contribution in [1.29, 1.82) is 0 Å². The van der Waals surface area contributed by atoms with Gasteiger partial charge in [0.2, 0.25) is 10.0 Å². The van der Waals surface area contributed by atoms with E-state index in [1.807, 2.05) is 13.2 Å². The minimum absolute atomic E-state index is 0.165. The van der Waals surface area contributed by atoms with Crippen LogP contribution in [0.2, 0.25) is 0 Å². The first-order valence-corrected chi connectivity index (χ1v) is 10.3. The van der Waals surface area contributed by atoms with Crippen LogP contribution < -0.4 is 4.72 Å². The molecule has 0 radical (unpaired) electrons. The Labute approximate surface area is 144 Å². The molecule has 0 bridgehead atoms. The molecule has 1 aliphatic heterocycles. The van der Waals surface area contributed by atoms with E-state index in [0.29, 0.717) is 18.8 Å². The van der Waals surface area contributed by atoms with E-state index in [0.717, 1.165) is 29.7 Å². The highest BCUT2D eigenvalue weighted by Crippen LogP contribution is 2.24. The molecular weight excluding hydrogens is 350 g/mol. The number of thiazole rings is 1. The van der Waals surface area contributed by atoms with Crippen LogP contribution in [0.5, 0.6) is 0 Å². The Balaban J connectivity index is 1.71. The lowest BCUT2D eigenvalue weighted by Crippen LogP contribution is -2.49. The van der Waals surface area contributed by atoms with E-state index >= 15 is 0 Å². The van der Waals surface area contributed by atoms with Crippen LogP contribution >= 0.6 is 11.3 Å². The third-order valence-electron chi connectivity index (χ3n) is 3.76. The van der Waals surface area contributed by atoms with E-state index in [2.05, 4.69) is 14.8 Å². The second kappa shape index (κ2) is 6.61. The molecule has 0 aromatic carbocycles. The third-order valence-corrected chi connectivity index (χ3v) is 5.42. The molecule has 10 heteroatoms. The molecule has 0 unspecified atom stereocenters. The first-order chi connectivity index (χ1) is 11.3. The maximum Gasteiger partial charge on any atom is 0.273 e. The molecule has 130 valence electrons. The van der Waals surface area contributed by atoms with Gasteiger partial charge in [-0.15, -0.1) is 11.3 Å². The molecule has 3 heterocycles. The molecule has 2 aromatic rings. The van der Waals surface area contributed by atoms with E-state index < -0.39 is 10.0 Å². The zero-order chi connectivity index (χ0) is 17.3. The van der Waals surface area contributed by atoms with Crippen LogP contribution in [0.25, 0.3) is 10.6 Å². The second-order valence-corrected chi connectivity index (χ2v) is 8.56. The molecule has 1 atom stereocenters.